The Labute approximate surface area is 179 Å². The molecule has 0 aliphatic carbocycles. The molecule has 1 saturated heterocycles. The first-order chi connectivity index (χ1) is 14.7. The number of anilines is 1. The molecule has 30 heavy (non-hydrogen) atoms. The predicted octanol–water partition coefficient (Wildman–Crippen LogP) is 4.92. The number of aromatic nitrogens is 5. The van der Waals surface area contributed by atoms with Crippen molar-refractivity contribution >= 4 is 17.5 Å². The van der Waals surface area contributed by atoms with Gasteiger partial charge in [-0.2, -0.15) is 0 Å². The van der Waals surface area contributed by atoms with Gasteiger partial charge in [0.05, 0.1) is 6.04 Å². The molecule has 1 atom stereocenters. The highest BCUT2D eigenvalue weighted by Gasteiger charge is 2.30. The summed E-state index contributed by atoms with van der Waals surface area (Å²) in [6, 6.07) is 13.6. The molecule has 152 valence electrons. The fourth-order valence-electron chi connectivity index (χ4n) is 4.02. The van der Waals surface area contributed by atoms with Crippen LogP contribution in [0.3, 0.4) is 0 Å². The Morgan fingerprint density at radius 3 is 2.80 bits per heavy atom. The van der Waals surface area contributed by atoms with E-state index >= 15 is 0 Å². The molecule has 3 aromatic heterocycles. The van der Waals surface area contributed by atoms with Crippen molar-refractivity contribution in [1.29, 1.82) is 0 Å². The van der Waals surface area contributed by atoms with Crippen molar-refractivity contribution in [1.82, 2.24) is 24.9 Å². The maximum Gasteiger partial charge on any atom is 0.227 e. The van der Waals surface area contributed by atoms with Crippen molar-refractivity contribution in [2.24, 2.45) is 7.05 Å². The average Bonchev–Trinajstić information content (AvgIpc) is 3.42. The van der Waals surface area contributed by atoms with Crippen molar-refractivity contribution in [2.75, 3.05) is 11.4 Å². The molecule has 0 saturated carbocycles. The topological polar surface area (TPSA) is 72.9 Å². The largest absolute Gasteiger partial charge is 0.356 e. The molecule has 1 fully saturated rings. The highest BCUT2D eigenvalue weighted by Crippen LogP contribution is 2.36. The van der Waals surface area contributed by atoms with Gasteiger partial charge in [0.15, 0.2) is 11.6 Å². The SMILES string of the molecule is Cn1c(-c2cccnc2)nnc1N1CCCCC1c1cc(-c2cccc(Cl)c2)on1. The summed E-state index contributed by atoms with van der Waals surface area (Å²) in [4.78, 5) is 6.47. The summed E-state index contributed by atoms with van der Waals surface area (Å²) >= 11 is 6.13. The first-order valence-corrected chi connectivity index (χ1v) is 10.4. The zero-order valence-electron chi connectivity index (χ0n) is 16.6. The average molecular weight is 421 g/mol. The highest BCUT2D eigenvalue weighted by atomic mass is 35.5. The Morgan fingerprint density at radius 1 is 1.07 bits per heavy atom. The van der Waals surface area contributed by atoms with Crippen molar-refractivity contribution in [3.05, 3.63) is 65.6 Å². The third-order valence-electron chi connectivity index (χ3n) is 5.51. The van der Waals surface area contributed by atoms with Gasteiger partial charge in [0.2, 0.25) is 5.95 Å². The quantitative estimate of drug-likeness (QED) is 0.466. The van der Waals surface area contributed by atoms with Crippen LogP contribution in [0.25, 0.3) is 22.7 Å². The Morgan fingerprint density at radius 2 is 1.97 bits per heavy atom. The van der Waals surface area contributed by atoms with E-state index in [-0.39, 0.29) is 6.04 Å². The molecule has 4 heterocycles. The van der Waals surface area contributed by atoms with E-state index in [9.17, 15) is 0 Å². The van der Waals surface area contributed by atoms with E-state index < -0.39 is 0 Å². The number of hydrogen-bond donors (Lipinski definition) is 0. The lowest BCUT2D eigenvalue weighted by Crippen LogP contribution is -2.35. The number of pyridine rings is 1. The molecule has 1 aliphatic heterocycles. The number of rotatable bonds is 4. The zero-order valence-corrected chi connectivity index (χ0v) is 17.3. The molecule has 1 aliphatic rings. The van der Waals surface area contributed by atoms with E-state index in [0.29, 0.717) is 10.8 Å². The van der Waals surface area contributed by atoms with Crippen molar-refractivity contribution < 1.29 is 4.52 Å². The Bertz CT molecular complexity index is 1160. The zero-order chi connectivity index (χ0) is 20.5. The van der Waals surface area contributed by atoms with Crippen LogP contribution in [0.1, 0.15) is 31.0 Å². The first-order valence-electron chi connectivity index (χ1n) is 10.00. The standard InChI is InChI=1S/C22H21ClN6O/c1-28-21(16-7-5-10-24-14-16)25-26-22(28)29-11-3-2-9-19(29)18-13-20(30-27-18)15-6-4-8-17(23)12-15/h4-8,10,12-14,19H,2-3,9,11H2,1H3. The van der Waals surface area contributed by atoms with Crippen LogP contribution in [0.4, 0.5) is 5.95 Å². The number of nitrogens with zero attached hydrogens (tertiary/aromatic N) is 6. The minimum Gasteiger partial charge on any atom is -0.356 e. The van der Waals surface area contributed by atoms with E-state index in [2.05, 4.69) is 25.2 Å². The maximum atomic E-state index is 6.13. The number of piperidine rings is 1. The lowest BCUT2D eigenvalue weighted by molar-refractivity contribution is 0.392. The number of hydrogen-bond acceptors (Lipinski definition) is 6. The van der Waals surface area contributed by atoms with E-state index in [1.807, 2.05) is 54.1 Å². The molecule has 1 unspecified atom stereocenters. The van der Waals surface area contributed by atoms with Gasteiger partial charge in [-0.3, -0.25) is 9.55 Å². The summed E-state index contributed by atoms with van der Waals surface area (Å²) in [5, 5.41) is 14.0. The fourth-order valence-corrected chi connectivity index (χ4v) is 4.21. The maximum absolute atomic E-state index is 6.13. The molecular weight excluding hydrogens is 400 g/mol. The number of benzene rings is 1. The van der Waals surface area contributed by atoms with Gasteiger partial charge in [-0.05, 0) is 43.5 Å². The van der Waals surface area contributed by atoms with E-state index in [1.165, 1.54) is 0 Å². The molecule has 1 aromatic carbocycles. The van der Waals surface area contributed by atoms with Crippen LogP contribution in [0, 0.1) is 0 Å². The van der Waals surface area contributed by atoms with Crippen molar-refractivity contribution in [3.8, 4) is 22.7 Å². The van der Waals surface area contributed by atoms with Gasteiger partial charge in [0.1, 0.15) is 5.69 Å². The van der Waals surface area contributed by atoms with Crippen molar-refractivity contribution in [3.63, 3.8) is 0 Å². The second kappa shape index (κ2) is 7.91. The van der Waals surface area contributed by atoms with Gasteiger partial charge < -0.3 is 9.42 Å². The normalized spacial score (nSPS) is 16.7. The predicted molar refractivity (Wildman–Crippen MR) is 115 cm³/mol. The summed E-state index contributed by atoms with van der Waals surface area (Å²) in [5.41, 5.74) is 2.76. The van der Waals surface area contributed by atoms with E-state index in [1.54, 1.807) is 12.4 Å². The second-order valence-corrected chi connectivity index (χ2v) is 7.89. The molecular formula is C22H21ClN6O. The van der Waals surface area contributed by atoms with Crippen LogP contribution in [0.2, 0.25) is 5.02 Å². The summed E-state index contributed by atoms with van der Waals surface area (Å²) in [7, 11) is 1.99. The summed E-state index contributed by atoms with van der Waals surface area (Å²) in [6.07, 6.45) is 6.77. The van der Waals surface area contributed by atoms with Gasteiger partial charge in [-0.1, -0.05) is 28.9 Å². The Balaban J connectivity index is 1.47. The minimum absolute atomic E-state index is 0.0834. The second-order valence-electron chi connectivity index (χ2n) is 7.46. The molecule has 0 radical (unpaired) electrons. The van der Waals surface area contributed by atoms with Crippen molar-refractivity contribution in [2.45, 2.75) is 25.3 Å². The first kappa shape index (κ1) is 18.8. The van der Waals surface area contributed by atoms with Gasteiger partial charge in [-0.15, -0.1) is 10.2 Å². The summed E-state index contributed by atoms with van der Waals surface area (Å²) < 4.78 is 7.68. The highest BCUT2D eigenvalue weighted by molar-refractivity contribution is 6.30. The summed E-state index contributed by atoms with van der Waals surface area (Å²) in [6.45, 7) is 0.892. The molecule has 0 spiro atoms. The van der Waals surface area contributed by atoms with Crippen LogP contribution in [-0.4, -0.2) is 31.4 Å². The van der Waals surface area contributed by atoms with E-state index in [0.717, 1.165) is 54.4 Å². The van der Waals surface area contributed by atoms with Crippen LogP contribution >= 0.6 is 11.6 Å². The monoisotopic (exact) mass is 420 g/mol. The van der Waals surface area contributed by atoms with E-state index in [4.69, 9.17) is 16.1 Å². The Hall–Kier alpha value is -3.19. The van der Waals surface area contributed by atoms with Gasteiger partial charge in [0, 0.05) is 48.2 Å². The van der Waals surface area contributed by atoms with Crippen LogP contribution in [0.5, 0.6) is 0 Å². The molecule has 0 bridgehead atoms. The van der Waals surface area contributed by atoms with Gasteiger partial charge in [-0.25, -0.2) is 0 Å². The van der Waals surface area contributed by atoms with Crippen LogP contribution in [0.15, 0.2) is 59.4 Å². The molecule has 0 N–H and O–H groups in total. The van der Waals surface area contributed by atoms with Gasteiger partial charge in [0.25, 0.3) is 0 Å². The lowest BCUT2D eigenvalue weighted by atomic mass is 9.99. The summed E-state index contributed by atoms with van der Waals surface area (Å²) in [5.74, 6) is 2.33. The molecule has 5 rings (SSSR count). The Kier molecular flexibility index (Phi) is 4.96. The van der Waals surface area contributed by atoms with Gasteiger partial charge >= 0.3 is 0 Å². The number of halogens is 1. The molecule has 4 aromatic rings. The smallest absolute Gasteiger partial charge is 0.227 e. The van der Waals surface area contributed by atoms with Crippen LogP contribution < -0.4 is 4.90 Å². The molecule has 8 heteroatoms. The minimum atomic E-state index is 0.0834. The fraction of sp³-hybridized carbons (Fsp3) is 0.273. The lowest BCUT2D eigenvalue weighted by Gasteiger charge is -2.34. The van der Waals surface area contributed by atoms with Crippen LogP contribution in [-0.2, 0) is 7.05 Å². The third kappa shape index (κ3) is 3.45. The molecule has 7 nitrogen and oxygen atoms in total. The molecule has 0 amide bonds. The third-order valence-corrected chi connectivity index (χ3v) is 5.75.